The maximum absolute atomic E-state index is 11.9. The van der Waals surface area contributed by atoms with Gasteiger partial charge in [0, 0.05) is 26.0 Å². The van der Waals surface area contributed by atoms with Crippen molar-refractivity contribution in [2.75, 3.05) is 7.05 Å². The molecule has 0 aliphatic carbocycles. The van der Waals surface area contributed by atoms with Crippen LogP contribution in [-0.4, -0.2) is 33.0 Å². The summed E-state index contributed by atoms with van der Waals surface area (Å²) in [6, 6.07) is 3.72. The van der Waals surface area contributed by atoms with Gasteiger partial charge < -0.3 is 4.90 Å². The molecule has 0 radical (unpaired) electrons. The Bertz CT molecular complexity index is 516. The van der Waals surface area contributed by atoms with Crippen molar-refractivity contribution in [1.82, 2.24) is 20.1 Å². The largest absolute Gasteiger partial charge is 0.335 e. The summed E-state index contributed by atoms with van der Waals surface area (Å²) in [6.45, 7) is 0.499. The maximum atomic E-state index is 11.9. The first-order valence-corrected chi connectivity index (χ1v) is 5.99. The molecule has 0 bridgehead atoms. The highest BCUT2D eigenvalue weighted by Crippen LogP contribution is 2.16. The fourth-order valence-corrected chi connectivity index (χ4v) is 2.11. The number of halogens is 1. The Kier molecular flexibility index (Phi) is 3.65. The number of nitrogens with zero attached hydrogens (tertiary/aromatic N) is 4. The number of rotatable bonds is 3. The molecule has 1 amide bonds. The fraction of sp³-hybridized carbons (Fsp3) is 0.200. The highest BCUT2D eigenvalue weighted by molar-refractivity contribution is 7.17. The van der Waals surface area contributed by atoms with E-state index in [4.69, 9.17) is 11.6 Å². The first-order chi connectivity index (χ1) is 8.16. The van der Waals surface area contributed by atoms with Gasteiger partial charge in [0.25, 0.3) is 5.91 Å². The van der Waals surface area contributed by atoms with Crippen LogP contribution in [0.1, 0.15) is 15.4 Å². The van der Waals surface area contributed by atoms with Gasteiger partial charge in [0.15, 0.2) is 0 Å². The molecule has 0 saturated heterocycles. The summed E-state index contributed by atoms with van der Waals surface area (Å²) in [5.41, 5.74) is 1.01. The molecule has 0 aliphatic heterocycles. The lowest BCUT2D eigenvalue weighted by Crippen LogP contribution is -2.26. The van der Waals surface area contributed by atoms with Gasteiger partial charge in [-0.15, -0.1) is 10.2 Å². The van der Waals surface area contributed by atoms with Crippen LogP contribution in [0.2, 0.25) is 4.47 Å². The van der Waals surface area contributed by atoms with E-state index in [-0.39, 0.29) is 10.4 Å². The van der Waals surface area contributed by atoms with Crippen LogP contribution in [0, 0.1) is 0 Å². The lowest BCUT2D eigenvalue weighted by molar-refractivity contribution is 0.0784. The van der Waals surface area contributed by atoms with Gasteiger partial charge in [-0.05, 0) is 29.3 Å². The van der Waals surface area contributed by atoms with Crippen molar-refractivity contribution in [3.63, 3.8) is 0 Å². The summed E-state index contributed by atoms with van der Waals surface area (Å²) in [7, 11) is 1.71. The van der Waals surface area contributed by atoms with E-state index in [1.165, 1.54) is 0 Å². The third-order valence-electron chi connectivity index (χ3n) is 2.10. The number of hydrogen-bond donors (Lipinski definition) is 0. The molecule has 2 aromatic rings. The van der Waals surface area contributed by atoms with Crippen LogP contribution in [-0.2, 0) is 6.54 Å². The third-order valence-corrected chi connectivity index (χ3v) is 3.11. The van der Waals surface area contributed by atoms with E-state index < -0.39 is 0 Å². The Morgan fingerprint density at radius 1 is 1.41 bits per heavy atom. The van der Waals surface area contributed by atoms with Gasteiger partial charge in [-0.1, -0.05) is 11.3 Å². The molecule has 2 rings (SSSR count). The zero-order valence-electron chi connectivity index (χ0n) is 9.00. The summed E-state index contributed by atoms with van der Waals surface area (Å²) < 4.78 is 0.269. The van der Waals surface area contributed by atoms with Crippen molar-refractivity contribution in [1.29, 1.82) is 0 Å². The maximum Gasteiger partial charge on any atom is 0.284 e. The van der Waals surface area contributed by atoms with Crippen molar-refractivity contribution in [2.45, 2.75) is 6.54 Å². The van der Waals surface area contributed by atoms with E-state index in [0.717, 1.165) is 16.9 Å². The Morgan fingerprint density at radius 2 is 2.12 bits per heavy atom. The van der Waals surface area contributed by atoms with Crippen molar-refractivity contribution in [2.24, 2.45) is 0 Å². The molecule has 0 spiro atoms. The van der Waals surface area contributed by atoms with Crippen molar-refractivity contribution >= 4 is 28.8 Å². The van der Waals surface area contributed by atoms with Crippen LogP contribution < -0.4 is 0 Å². The van der Waals surface area contributed by atoms with Crippen LogP contribution in [0.4, 0.5) is 0 Å². The van der Waals surface area contributed by atoms with E-state index in [1.54, 1.807) is 24.3 Å². The monoisotopic (exact) mass is 268 g/mol. The smallest absolute Gasteiger partial charge is 0.284 e. The third kappa shape index (κ3) is 2.98. The number of pyridine rings is 1. The summed E-state index contributed by atoms with van der Waals surface area (Å²) in [5, 5.41) is 7.61. The summed E-state index contributed by atoms with van der Waals surface area (Å²) >= 11 is 6.71. The second-order valence-electron chi connectivity index (χ2n) is 3.38. The van der Waals surface area contributed by atoms with Gasteiger partial charge in [0.1, 0.15) is 0 Å². The van der Waals surface area contributed by atoms with Crippen molar-refractivity contribution < 1.29 is 4.79 Å². The SMILES string of the molecule is CN(Cc1ccncc1)C(=O)c1nnc(Cl)s1. The number of carbonyl (C=O) groups excluding carboxylic acids is 1. The Labute approximate surface area is 107 Å². The molecule has 5 nitrogen and oxygen atoms in total. The average Bonchev–Trinajstić information content (AvgIpc) is 2.76. The lowest BCUT2D eigenvalue weighted by Gasteiger charge is -2.14. The number of hydrogen-bond acceptors (Lipinski definition) is 5. The highest BCUT2D eigenvalue weighted by Gasteiger charge is 2.16. The van der Waals surface area contributed by atoms with Gasteiger partial charge in [-0.3, -0.25) is 9.78 Å². The standard InChI is InChI=1S/C10H9ClN4OS/c1-15(6-7-2-4-12-5-3-7)9(16)8-13-14-10(11)17-8/h2-5H,6H2,1H3. The quantitative estimate of drug-likeness (QED) is 0.853. The molecular formula is C10H9ClN4OS. The summed E-state index contributed by atoms with van der Waals surface area (Å²) in [6.07, 6.45) is 3.38. The van der Waals surface area contributed by atoms with Gasteiger partial charge in [-0.25, -0.2) is 0 Å². The van der Waals surface area contributed by atoms with Crippen LogP contribution in [0.15, 0.2) is 24.5 Å². The predicted molar refractivity (Wildman–Crippen MR) is 65.0 cm³/mol. The Hall–Kier alpha value is -1.53. The molecule has 2 heterocycles. The Morgan fingerprint density at radius 3 is 2.71 bits per heavy atom. The lowest BCUT2D eigenvalue weighted by atomic mass is 10.2. The highest BCUT2D eigenvalue weighted by atomic mass is 35.5. The molecule has 17 heavy (non-hydrogen) atoms. The number of amides is 1. The van der Waals surface area contributed by atoms with Crippen molar-refractivity contribution in [3.8, 4) is 0 Å². The van der Waals surface area contributed by atoms with E-state index in [0.29, 0.717) is 11.6 Å². The number of carbonyl (C=O) groups is 1. The molecule has 0 aliphatic rings. The molecule has 0 unspecified atom stereocenters. The first kappa shape index (κ1) is 11.9. The normalized spacial score (nSPS) is 10.2. The molecule has 7 heteroatoms. The van der Waals surface area contributed by atoms with Crippen LogP contribution >= 0.6 is 22.9 Å². The minimum atomic E-state index is -0.189. The van der Waals surface area contributed by atoms with Gasteiger partial charge >= 0.3 is 0 Å². The molecule has 88 valence electrons. The zero-order chi connectivity index (χ0) is 12.3. The molecular weight excluding hydrogens is 260 g/mol. The van der Waals surface area contributed by atoms with Crippen LogP contribution in [0.5, 0.6) is 0 Å². The molecule has 2 aromatic heterocycles. The first-order valence-electron chi connectivity index (χ1n) is 4.80. The minimum absolute atomic E-state index is 0.189. The molecule has 0 saturated carbocycles. The zero-order valence-corrected chi connectivity index (χ0v) is 10.6. The second kappa shape index (κ2) is 5.20. The Balaban J connectivity index is 2.06. The van der Waals surface area contributed by atoms with Gasteiger partial charge in [-0.2, -0.15) is 0 Å². The van der Waals surface area contributed by atoms with E-state index in [2.05, 4.69) is 15.2 Å². The van der Waals surface area contributed by atoms with E-state index in [9.17, 15) is 4.79 Å². The minimum Gasteiger partial charge on any atom is -0.335 e. The van der Waals surface area contributed by atoms with Crippen LogP contribution in [0.25, 0.3) is 0 Å². The molecule has 0 N–H and O–H groups in total. The summed E-state index contributed by atoms with van der Waals surface area (Å²) in [4.78, 5) is 17.4. The second-order valence-corrected chi connectivity index (χ2v) is 4.94. The fourth-order valence-electron chi connectivity index (χ4n) is 1.29. The van der Waals surface area contributed by atoms with Gasteiger partial charge in [0.05, 0.1) is 0 Å². The summed E-state index contributed by atoms with van der Waals surface area (Å²) in [5.74, 6) is -0.189. The predicted octanol–water partition coefficient (Wildman–Crippen LogP) is 1.86. The number of aromatic nitrogens is 3. The molecule has 0 aromatic carbocycles. The van der Waals surface area contributed by atoms with Gasteiger partial charge in [0.2, 0.25) is 9.47 Å². The average molecular weight is 269 g/mol. The van der Waals surface area contributed by atoms with Crippen molar-refractivity contribution in [3.05, 3.63) is 39.6 Å². The van der Waals surface area contributed by atoms with Crippen LogP contribution in [0.3, 0.4) is 0 Å². The van der Waals surface area contributed by atoms with E-state index in [1.807, 2.05) is 12.1 Å². The van der Waals surface area contributed by atoms with E-state index >= 15 is 0 Å². The topological polar surface area (TPSA) is 59.0 Å². The molecule has 0 fully saturated rings. The molecule has 0 atom stereocenters.